The lowest BCUT2D eigenvalue weighted by atomic mass is 9.93. The molecule has 2 aromatic carbocycles. The molecule has 3 rings (SSSR count). The van der Waals surface area contributed by atoms with Crippen LogP contribution in [0, 0.1) is 5.92 Å². The van der Waals surface area contributed by atoms with Gasteiger partial charge < -0.3 is 10.1 Å². The molecule has 4 heteroatoms. The zero-order valence-electron chi connectivity index (χ0n) is 14.8. The van der Waals surface area contributed by atoms with Gasteiger partial charge in [0.25, 0.3) is 0 Å². The van der Waals surface area contributed by atoms with E-state index in [-0.39, 0.29) is 12.4 Å². The fraction of sp³-hybridized carbons (Fsp3) is 0.500. The first-order valence-corrected chi connectivity index (χ1v) is 8.73. The molecular weight excluding hydrogens is 320 g/mol. The zero-order valence-corrected chi connectivity index (χ0v) is 15.6. The van der Waals surface area contributed by atoms with Crippen LogP contribution in [0.2, 0.25) is 0 Å². The van der Waals surface area contributed by atoms with Crippen LogP contribution in [0.1, 0.15) is 24.8 Å². The van der Waals surface area contributed by atoms with E-state index in [0.29, 0.717) is 0 Å². The number of benzene rings is 2. The van der Waals surface area contributed by atoms with Gasteiger partial charge in [-0.15, -0.1) is 12.4 Å². The van der Waals surface area contributed by atoms with Crippen LogP contribution in [-0.2, 0) is 6.54 Å². The Labute approximate surface area is 151 Å². The standard InChI is InChI=1S/C20H28N2O.ClH/c1-21-12-9-16-10-13-22(14-11-16)15-19-18-6-4-3-5-17(18)7-8-20(19)23-2;/h3-8,16,21H,9-15H2,1-2H3;1H. The van der Waals surface area contributed by atoms with Crippen molar-refractivity contribution in [3.63, 3.8) is 0 Å². The van der Waals surface area contributed by atoms with E-state index in [0.717, 1.165) is 24.8 Å². The molecule has 0 amide bonds. The van der Waals surface area contributed by atoms with Crippen molar-refractivity contribution in [2.75, 3.05) is 33.8 Å². The predicted molar refractivity (Wildman–Crippen MR) is 104 cm³/mol. The minimum absolute atomic E-state index is 0. The second-order valence-corrected chi connectivity index (χ2v) is 6.58. The number of rotatable bonds is 6. The van der Waals surface area contributed by atoms with Gasteiger partial charge in [-0.2, -0.15) is 0 Å². The van der Waals surface area contributed by atoms with E-state index >= 15 is 0 Å². The maximum Gasteiger partial charge on any atom is 0.123 e. The summed E-state index contributed by atoms with van der Waals surface area (Å²) in [6.45, 7) is 4.52. The predicted octanol–water partition coefficient (Wildman–Crippen LogP) is 4.09. The number of nitrogens with one attached hydrogen (secondary N) is 1. The van der Waals surface area contributed by atoms with Crippen LogP contribution in [0.4, 0.5) is 0 Å². The summed E-state index contributed by atoms with van der Waals surface area (Å²) in [5.74, 6) is 1.90. The fourth-order valence-electron chi connectivity index (χ4n) is 3.68. The SMILES string of the molecule is CNCCC1CCN(Cc2c(OC)ccc3ccccc23)CC1.Cl. The summed E-state index contributed by atoms with van der Waals surface area (Å²) in [6, 6.07) is 12.9. The van der Waals surface area contributed by atoms with Crippen molar-refractivity contribution in [1.29, 1.82) is 0 Å². The summed E-state index contributed by atoms with van der Waals surface area (Å²) < 4.78 is 5.63. The Kier molecular flexibility index (Phi) is 7.35. The number of hydrogen-bond donors (Lipinski definition) is 1. The molecule has 1 N–H and O–H groups in total. The van der Waals surface area contributed by atoms with Crippen molar-refractivity contribution < 1.29 is 4.74 Å². The van der Waals surface area contributed by atoms with E-state index in [9.17, 15) is 0 Å². The van der Waals surface area contributed by atoms with Crippen molar-refractivity contribution in [1.82, 2.24) is 10.2 Å². The van der Waals surface area contributed by atoms with Crippen LogP contribution in [0.25, 0.3) is 10.8 Å². The lowest BCUT2D eigenvalue weighted by Gasteiger charge is -2.32. The minimum Gasteiger partial charge on any atom is -0.496 e. The first kappa shape index (κ1) is 19.0. The minimum atomic E-state index is 0. The highest BCUT2D eigenvalue weighted by Gasteiger charge is 2.20. The first-order valence-electron chi connectivity index (χ1n) is 8.73. The van der Waals surface area contributed by atoms with E-state index in [2.05, 4.69) is 46.6 Å². The molecule has 132 valence electrons. The van der Waals surface area contributed by atoms with Gasteiger partial charge >= 0.3 is 0 Å². The zero-order chi connectivity index (χ0) is 16.1. The normalized spacial score (nSPS) is 16.1. The van der Waals surface area contributed by atoms with E-state index in [1.807, 2.05) is 7.05 Å². The van der Waals surface area contributed by atoms with Crippen molar-refractivity contribution >= 4 is 23.2 Å². The molecule has 24 heavy (non-hydrogen) atoms. The third kappa shape index (κ3) is 4.41. The maximum absolute atomic E-state index is 5.63. The Morgan fingerprint density at radius 1 is 1.12 bits per heavy atom. The number of methoxy groups -OCH3 is 1. The summed E-state index contributed by atoms with van der Waals surface area (Å²) in [5, 5.41) is 5.89. The lowest BCUT2D eigenvalue weighted by Crippen LogP contribution is -2.34. The van der Waals surface area contributed by atoms with Crippen molar-refractivity contribution in [3.05, 3.63) is 42.0 Å². The average Bonchev–Trinajstić information content (AvgIpc) is 2.61. The fourth-order valence-corrected chi connectivity index (χ4v) is 3.68. The van der Waals surface area contributed by atoms with Gasteiger partial charge in [0.15, 0.2) is 0 Å². The second kappa shape index (κ2) is 9.26. The topological polar surface area (TPSA) is 24.5 Å². The molecule has 0 unspecified atom stereocenters. The van der Waals surface area contributed by atoms with Crippen LogP contribution in [0.15, 0.2) is 36.4 Å². The number of ether oxygens (including phenoxy) is 1. The van der Waals surface area contributed by atoms with E-state index in [1.54, 1.807) is 7.11 Å². The Morgan fingerprint density at radius 2 is 1.88 bits per heavy atom. The van der Waals surface area contributed by atoms with Crippen molar-refractivity contribution in [2.45, 2.75) is 25.8 Å². The van der Waals surface area contributed by atoms with Gasteiger partial charge in [0.05, 0.1) is 7.11 Å². The molecule has 1 aliphatic heterocycles. The number of likely N-dealkylation sites (tertiary alicyclic amines) is 1. The Hall–Kier alpha value is -1.29. The van der Waals surface area contributed by atoms with Crippen LogP contribution in [-0.4, -0.2) is 38.7 Å². The van der Waals surface area contributed by atoms with Crippen LogP contribution < -0.4 is 10.1 Å². The second-order valence-electron chi connectivity index (χ2n) is 6.58. The highest BCUT2D eigenvalue weighted by Crippen LogP contribution is 2.30. The maximum atomic E-state index is 5.63. The lowest BCUT2D eigenvalue weighted by molar-refractivity contribution is 0.171. The number of nitrogens with zero attached hydrogens (tertiary/aromatic N) is 1. The summed E-state index contributed by atoms with van der Waals surface area (Å²) in [7, 11) is 3.82. The molecule has 1 heterocycles. The molecule has 0 atom stereocenters. The van der Waals surface area contributed by atoms with Gasteiger partial charge in [-0.3, -0.25) is 4.90 Å². The molecule has 1 fully saturated rings. The van der Waals surface area contributed by atoms with Gasteiger partial charge in [0.1, 0.15) is 5.75 Å². The molecule has 0 bridgehead atoms. The molecule has 0 aromatic heterocycles. The number of fused-ring (bicyclic) bond motifs is 1. The first-order chi connectivity index (χ1) is 11.3. The number of hydrogen-bond acceptors (Lipinski definition) is 3. The summed E-state index contributed by atoms with van der Waals surface area (Å²) in [6.07, 6.45) is 3.94. The van der Waals surface area contributed by atoms with Crippen molar-refractivity contribution in [2.24, 2.45) is 5.92 Å². The van der Waals surface area contributed by atoms with Crippen molar-refractivity contribution in [3.8, 4) is 5.75 Å². The highest BCUT2D eigenvalue weighted by molar-refractivity contribution is 5.87. The molecule has 1 saturated heterocycles. The summed E-state index contributed by atoms with van der Waals surface area (Å²) >= 11 is 0. The molecule has 0 radical (unpaired) electrons. The molecule has 0 aliphatic carbocycles. The van der Waals surface area contributed by atoms with Gasteiger partial charge in [-0.1, -0.05) is 30.3 Å². The monoisotopic (exact) mass is 348 g/mol. The third-order valence-electron chi connectivity index (χ3n) is 5.11. The van der Waals surface area contributed by atoms with E-state index < -0.39 is 0 Å². The van der Waals surface area contributed by atoms with E-state index in [4.69, 9.17) is 4.74 Å². The van der Waals surface area contributed by atoms with Crippen LogP contribution in [0.5, 0.6) is 5.75 Å². The largest absolute Gasteiger partial charge is 0.496 e. The quantitative estimate of drug-likeness (QED) is 0.850. The Balaban J connectivity index is 0.00000208. The summed E-state index contributed by atoms with van der Waals surface area (Å²) in [4.78, 5) is 2.58. The van der Waals surface area contributed by atoms with Crippen LogP contribution >= 0.6 is 12.4 Å². The molecular formula is C20H29ClN2O. The molecule has 2 aromatic rings. The van der Waals surface area contributed by atoms with Gasteiger partial charge in [-0.25, -0.2) is 0 Å². The third-order valence-corrected chi connectivity index (χ3v) is 5.11. The molecule has 0 spiro atoms. The Bertz CT molecular complexity index is 639. The molecule has 3 nitrogen and oxygen atoms in total. The molecule has 1 aliphatic rings. The van der Waals surface area contributed by atoms with Gasteiger partial charge in [0.2, 0.25) is 0 Å². The number of piperidine rings is 1. The van der Waals surface area contributed by atoms with Gasteiger partial charge in [-0.05, 0) is 68.7 Å². The van der Waals surface area contributed by atoms with Crippen LogP contribution in [0.3, 0.4) is 0 Å². The average molecular weight is 349 g/mol. The Morgan fingerprint density at radius 3 is 2.58 bits per heavy atom. The summed E-state index contributed by atoms with van der Waals surface area (Å²) in [5.41, 5.74) is 1.33. The van der Waals surface area contributed by atoms with E-state index in [1.165, 1.54) is 48.7 Å². The van der Waals surface area contributed by atoms with Gasteiger partial charge in [0, 0.05) is 12.1 Å². The number of halogens is 1. The molecule has 0 saturated carbocycles. The highest BCUT2D eigenvalue weighted by atomic mass is 35.5. The smallest absolute Gasteiger partial charge is 0.123 e.